The Labute approximate surface area is 77.1 Å². The van der Waals surface area contributed by atoms with E-state index in [9.17, 15) is 0 Å². The molecule has 1 aromatic rings. The average molecular weight is 179 g/mol. The lowest BCUT2D eigenvalue weighted by molar-refractivity contribution is 0.963. The zero-order valence-corrected chi connectivity index (χ0v) is 7.78. The van der Waals surface area contributed by atoms with Crippen molar-refractivity contribution in [2.24, 2.45) is 5.73 Å². The maximum absolute atomic E-state index is 7.11. The van der Waals surface area contributed by atoms with E-state index < -0.39 is 0 Å². The van der Waals surface area contributed by atoms with E-state index in [-0.39, 0.29) is 5.84 Å². The molecule has 0 aromatic carbocycles. The molecular weight excluding hydrogens is 166 g/mol. The predicted molar refractivity (Wildman–Crippen MR) is 52.0 cm³/mol. The first kappa shape index (κ1) is 9.44. The Morgan fingerprint density at radius 3 is 2.85 bits per heavy atom. The molecule has 0 spiro atoms. The van der Waals surface area contributed by atoms with Crippen molar-refractivity contribution in [3.8, 4) is 0 Å². The molecule has 0 unspecified atom stereocenters. The quantitative estimate of drug-likeness (QED) is 0.506. The van der Waals surface area contributed by atoms with Gasteiger partial charge in [0.1, 0.15) is 0 Å². The van der Waals surface area contributed by atoms with Gasteiger partial charge in [0.25, 0.3) is 0 Å². The maximum Gasteiger partial charge on any atom is 0.224 e. The van der Waals surface area contributed by atoms with E-state index in [4.69, 9.17) is 11.1 Å². The average Bonchev–Trinajstić information content (AvgIpc) is 2.03. The van der Waals surface area contributed by atoms with Crippen LogP contribution in [0.4, 0.5) is 5.95 Å². The Kier molecular flexibility index (Phi) is 2.79. The van der Waals surface area contributed by atoms with Crippen LogP contribution in [0.2, 0.25) is 0 Å². The highest BCUT2D eigenvalue weighted by Gasteiger charge is 2.01. The number of nitrogens with zero attached hydrogens (tertiary/aromatic N) is 3. The lowest BCUT2D eigenvalue weighted by Gasteiger charge is -2.10. The summed E-state index contributed by atoms with van der Waals surface area (Å²) in [6.45, 7) is 0. The summed E-state index contributed by atoms with van der Waals surface area (Å²) in [6.07, 6.45) is 2.05. The van der Waals surface area contributed by atoms with E-state index in [0.717, 1.165) is 5.69 Å². The van der Waals surface area contributed by atoms with Crippen molar-refractivity contribution in [1.29, 1.82) is 5.41 Å². The van der Waals surface area contributed by atoms with Crippen LogP contribution in [0.15, 0.2) is 12.3 Å². The van der Waals surface area contributed by atoms with Gasteiger partial charge in [0.15, 0.2) is 0 Å². The Bertz CT molecular complexity index is 307. The molecule has 0 atom stereocenters. The molecule has 5 nitrogen and oxygen atoms in total. The molecule has 1 heterocycles. The zero-order chi connectivity index (χ0) is 9.84. The highest BCUT2D eigenvalue weighted by Crippen LogP contribution is 2.03. The summed E-state index contributed by atoms with van der Waals surface area (Å²) >= 11 is 0. The lowest BCUT2D eigenvalue weighted by atomic mass is 10.3. The van der Waals surface area contributed by atoms with Gasteiger partial charge in [0.2, 0.25) is 5.95 Å². The van der Waals surface area contributed by atoms with Crippen LogP contribution in [-0.2, 0) is 6.42 Å². The minimum atomic E-state index is 0.114. The molecule has 1 rings (SSSR count). The van der Waals surface area contributed by atoms with Crippen LogP contribution in [0.3, 0.4) is 0 Å². The van der Waals surface area contributed by atoms with Gasteiger partial charge in [-0.15, -0.1) is 0 Å². The van der Waals surface area contributed by atoms with Crippen molar-refractivity contribution < 1.29 is 0 Å². The van der Waals surface area contributed by atoms with Gasteiger partial charge in [-0.05, 0) is 6.07 Å². The Hall–Kier alpha value is -1.65. The van der Waals surface area contributed by atoms with E-state index in [1.165, 1.54) is 0 Å². The van der Waals surface area contributed by atoms with Crippen LogP contribution in [0.5, 0.6) is 0 Å². The van der Waals surface area contributed by atoms with E-state index >= 15 is 0 Å². The molecule has 1 aromatic heterocycles. The molecule has 0 aliphatic carbocycles. The number of nitrogens with one attached hydrogen (secondary N) is 1. The van der Waals surface area contributed by atoms with Gasteiger partial charge < -0.3 is 10.6 Å². The van der Waals surface area contributed by atoms with E-state index in [2.05, 4.69) is 9.97 Å². The van der Waals surface area contributed by atoms with Gasteiger partial charge in [-0.25, -0.2) is 9.97 Å². The van der Waals surface area contributed by atoms with Crippen LogP contribution in [0.25, 0.3) is 0 Å². The summed E-state index contributed by atoms with van der Waals surface area (Å²) in [5.41, 5.74) is 6.03. The number of amidine groups is 1. The molecule has 0 radical (unpaired) electrons. The second kappa shape index (κ2) is 3.84. The first-order chi connectivity index (χ1) is 6.09. The number of rotatable bonds is 3. The zero-order valence-electron chi connectivity index (χ0n) is 7.78. The SMILES string of the molecule is CN(C)c1nccc(CC(=N)N)n1. The second-order valence-corrected chi connectivity index (χ2v) is 2.94. The Morgan fingerprint density at radius 1 is 1.62 bits per heavy atom. The van der Waals surface area contributed by atoms with Gasteiger partial charge in [0.05, 0.1) is 11.5 Å². The van der Waals surface area contributed by atoms with Gasteiger partial charge in [0, 0.05) is 26.7 Å². The Balaban J connectivity index is 2.85. The van der Waals surface area contributed by atoms with E-state index in [1.807, 2.05) is 19.0 Å². The van der Waals surface area contributed by atoms with Crippen LogP contribution in [-0.4, -0.2) is 29.9 Å². The fourth-order valence-electron chi connectivity index (χ4n) is 0.894. The standard InChI is InChI=1S/C8H13N5/c1-13(2)8-11-4-3-6(12-8)5-7(9)10/h3-4H,5H2,1-2H3,(H3,9,10). The summed E-state index contributed by atoms with van der Waals surface area (Å²) in [4.78, 5) is 10.1. The van der Waals surface area contributed by atoms with Gasteiger partial charge in [-0.1, -0.05) is 0 Å². The molecule has 0 saturated heterocycles. The first-order valence-electron chi connectivity index (χ1n) is 3.91. The predicted octanol–water partition coefficient (Wildman–Crippen LogP) is 0.0211. The molecular formula is C8H13N5. The van der Waals surface area contributed by atoms with Gasteiger partial charge in [-0.3, -0.25) is 5.41 Å². The molecule has 3 N–H and O–H groups in total. The third-order valence-electron chi connectivity index (χ3n) is 1.47. The van der Waals surface area contributed by atoms with E-state index in [0.29, 0.717) is 12.4 Å². The highest BCUT2D eigenvalue weighted by atomic mass is 15.2. The van der Waals surface area contributed by atoms with Gasteiger partial charge in [-0.2, -0.15) is 0 Å². The van der Waals surface area contributed by atoms with E-state index in [1.54, 1.807) is 12.3 Å². The van der Waals surface area contributed by atoms with Crippen molar-refractivity contribution in [1.82, 2.24) is 9.97 Å². The third-order valence-corrected chi connectivity index (χ3v) is 1.47. The normalized spacial score (nSPS) is 9.69. The summed E-state index contributed by atoms with van der Waals surface area (Å²) in [5, 5.41) is 7.11. The monoisotopic (exact) mass is 179 g/mol. The summed E-state index contributed by atoms with van der Waals surface area (Å²) in [5.74, 6) is 0.752. The van der Waals surface area contributed by atoms with Crippen LogP contribution in [0, 0.1) is 5.41 Å². The molecule has 13 heavy (non-hydrogen) atoms. The van der Waals surface area contributed by atoms with Crippen molar-refractivity contribution in [3.63, 3.8) is 0 Å². The third kappa shape index (κ3) is 2.70. The number of hydrogen-bond acceptors (Lipinski definition) is 4. The molecule has 0 aliphatic heterocycles. The minimum Gasteiger partial charge on any atom is -0.387 e. The van der Waals surface area contributed by atoms with Crippen LogP contribution in [0.1, 0.15) is 5.69 Å². The highest BCUT2D eigenvalue weighted by molar-refractivity contribution is 5.79. The molecule has 0 amide bonds. The fraction of sp³-hybridized carbons (Fsp3) is 0.375. The van der Waals surface area contributed by atoms with Gasteiger partial charge >= 0.3 is 0 Å². The lowest BCUT2D eigenvalue weighted by Crippen LogP contribution is -2.17. The molecule has 0 saturated carbocycles. The summed E-state index contributed by atoms with van der Waals surface area (Å²) < 4.78 is 0. The van der Waals surface area contributed by atoms with Crippen LogP contribution < -0.4 is 10.6 Å². The second-order valence-electron chi connectivity index (χ2n) is 2.94. The first-order valence-corrected chi connectivity index (χ1v) is 3.91. The smallest absolute Gasteiger partial charge is 0.224 e. The molecule has 0 aliphatic rings. The minimum absolute atomic E-state index is 0.114. The molecule has 0 bridgehead atoms. The summed E-state index contributed by atoms with van der Waals surface area (Å²) in [6, 6.07) is 1.76. The van der Waals surface area contributed by atoms with Crippen molar-refractivity contribution in [2.75, 3.05) is 19.0 Å². The Morgan fingerprint density at radius 2 is 2.31 bits per heavy atom. The number of nitrogens with two attached hydrogens (primary N) is 1. The van der Waals surface area contributed by atoms with Crippen LogP contribution >= 0.6 is 0 Å². The largest absolute Gasteiger partial charge is 0.387 e. The van der Waals surface area contributed by atoms with Crippen molar-refractivity contribution in [2.45, 2.75) is 6.42 Å². The topological polar surface area (TPSA) is 78.9 Å². The van der Waals surface area contributed by atoms with Crippen molar-refractivity contribution in [3.05, 3.63) is 18.0 Å². The number of aromatic nitrogens is 2. The number of anilines is 1. The molecule has 5 heteroatoms. The fourth-order valence-corrected chi connectivity index (χ4v) is 0.894. The molecule has 0 fully saturated rings. The maximum atomic E-state index is 7.11. The molecule has 70 valence electrons. The van der Waals surface area contributed by atoms with Crippen molar-refractivity contribution >= 4 is 11.8 Å². The summed E-state index contributed by atoms with van der Waals surface area (Å²) in [7, 11) is 3.74. The number of hydrogen-bond donors (Lipinski definition) is 2.